The Morgan fingerprint density at radius 3 is 2.33 bits per heavy atom. The van der Waals surface area contributed by atoms with Gasteiger partial charge in [0.15, 0.2) is 0 Å². The molecule has 0 unspecified atom stereocenters. The van der Waals surface area contributed by atoms with Gasteiger partial charge in [0.2, 0.25) is 0 Å². The lowest BCUT2D eigenvalue weighted by molar-refractivity contribution is 0.687. The molecule has 3 nitrogen and oxygen atoms in total. The lowest BCUT2D eigenvalue weighted by Crippen LogP contribution is -1.99. The van der Waals surface area contributed by atoms with Gasteiger partial charge in [0.25, 0.3) is 0 Å². The van der Waals surface area contributed by atoms with Gasteiger partial charge in [0, 0.05) is 18.1 Å². The van der Waals surface area contributed by atoms with Crippen LogP contribution >= 0.6 is 24.8 Å². The first-order chi connectivity index (χ1) is 6.34. The highest BCUT2D eigenvalue weighted by Gasteiger charge is 1.93. The van der Waals surface area contributed by atoms with Crippen molar-refractivity contribution in [3.8, 4) is 0 Å². The van der Waals surface area contributed by atoms with Gasteiger partial charge in [-0.15, -0.1) is 24.8 Å². The molecule has 0 radical (unpaired) electrons. The van der Waals surface area contributed by atoms with E-state index in [2.05, 4.69) is 5.10 Å². The van der Waals surface area contributed by atoms with Gasteiger partial charge in [0.1, 0.15) is 0 Å². The number of benzene rings is 1. The lowest BCUT2D eigenvalue weighted by Gasteiger charge is -2.01. The fourth-order valence-electron chi connectivity index (χ4n) is 1.20. The summed E-state index contributed by atoms with van der Waals surface area (Å²) in [5, 5.41) is 4.12. The van der Waals surface area contributed by atoms with Crippen molar-refractivity contribution in [1.29, 1.82) is 0 Å². The Labute approximate surface area is 101 Å². The van der Waals surface area contributed by atoms with Crippen molar-refractivity contribution < 1.29 is 0 Å². The highest BCUT2D eigenvalue weighted by Crippen LogP contribution is 2.06. The number of anilines is 1. The Morgan fingerprint density at radius 2 is 1.80 bits per heavy atom. The van der Waals surface area contributed by atoms with Crippen molar-refractivity contribution in [1.82, 2.24) is 9.78 Å². The van der Waals surface area contributed by atoms with Crippen LogP contribution in [0.1, 0.15) is 5.56 Å². The van der Waals surface area contributed by atoms with Gasteiger partial charge in [-0.05, 0) is 23.8 Å². The molecule has 0 atom stereocenters. The first kappa shape index (κ1) is 13.8. The van der Waals surface area contributed by atoms with Gasteiger partial charge < -0.3 is 5.73 Å². The Bertz CT molecular complexity index is 370. The van der Waals surface area contributed by atoms with Crippen LogP contribution in [0.4, 0.5) is 5.69 Å². The molecule has 15 heavy (non-hydrogen) atoms. The second-order valence-electron chi connectivity index (χ2n) is 2.95. The van der Waals surface area contributed by atoms with E-state index in [0.717, 1.165) is 12.2 Å². The van der Waals surface area contributed by atoms with Crippen LogP contribution in [0.2, 0.25) is 0 Å². The summed E-state index contributed by atoms with van der Waals surface area (Å²) >= 11 is 0. The van der Waals surface area contributed by atoms with E-state index < -0.39 is 0 Å². The van der Waals surface area contributed by atoms with Crippen molar-refractivity contribution in [3.63, 3.8) is 0 Å². The summed E-state index contributed by atoms with van der Waals surface area (Å²) in [5.74, 6) is 0. The van der Waals surface area contributed by atoms with Gasteiger partial charge in [-0.25, -0.2) is 0 Å². The highest BCUT2D eigenvalue weighted by molar-refractivity contribution is 5.85. The third kappa shape index (κ3) is 3.81. The first-order valence-corrected chi connectivity index (χ1v) is 4.16. The monoisotopic (exact) mass is 245 g/mol. The number of hydrogen-bond acceptors (Lipinski definition) is 2. The van der Waals surface area contributed by atoms with Gasteiger partial charge >= 0.3 is 0 Å². The van der Waals surface area contributed by atoms with Gasteiger partial charge in [-0.1, -0.05) is 12.1 Å². The van der Waals surface area contributed by atoms with Crippen LogP contribution in [-0.2, 0) is 6.54 Å². The third-order valence-electron chi connectivity index (χ3n) is 1.88. The third-order valence-corrected chi connectivity index (χ3v) is 1.88. The van der Waals surface area contributed by atoms with Crippen LogP contribution in [0.15, 0.2) is 42.7 Å². The van der Waals surface area contributed by atoms with E-state index in [1.54, 1.807) is 6.20 Å². The van der Waals surface area contributed by atoms with Crippen molar-refractivity contribution in [2.24, 2.45) is 0 Å². The maximum atomic E-state index is 5.58. The Balaban J connectivity index is 0.000000980. The van der Waals surface area contributed by atoms with E-state index in [1.165, 1.54) is 5.56 Å². The molecule has 0 saturated carbocycles. The number of rotatable bonds is 2. The van der Waals surface area contributed by atoms with Crippen molar-refractivity contribution in [2.75, 3.05) is 5.73 Å². The molecule has 0 spiro atoms. The zero-order chi connectivity index (χ0) is 9.10. The van der Waals surface area contributed by atoms with Crippen LogP contribution in [0.3, 0.4) is 0 Å². The molecule has 0 fully saturated rings. The summed E-state index contributed by atoms with van der Waals surface area (Å²) < 4.78 is 1.88. The van der Waals surface area contributed by atoms with Crippen LogP contribution in [0.5, 0.6) is 0 Å². The quantitative estimate of drug-likeness (QED) is 0.826. The largest absolute Gasteiger partial charge is 0.399 e. The van der Waals surface area contributed by atoms with Gasteiger partial charge in [-0.3, -0.25) is 4.68 Å². The van der Waals surface area contributed by atoms with Crippen LogP contribution < -0.4 is 5.73 Å². The molecule has 82 valence electrons. The summed E-state index contributed by atoms with van der Waals surface area (Å²) in [6.07, 6.45) is 3.72. The molecule has 1 aromatic heterocycles. The molecule has 2 aromatic rings. The van der Waals surface area contributed by atoms with Crippen LogP contribution in [0.25, 0.3) is 0 Å². The molecule has 1 aromatic carbocycles. The van der Waals surface area contributed by atoms with E-state index in [4.69, 9.17) is 5.73 Å². The number of halogens is 2. The Hall–Kier alpha value is -1.19. The predicted molar refractivity (Wildman–Crippen MR) is 66.7 cm³/mol. The second kappa shape index (κ2) is 6.32. The molecule has 0 aliphatic heterocycles. The molecule has 0 bridgehead atoms. The van der Waals surface area contributed by atoms with Crippen LogP contribution in [-0.4, -0.2) is 9.78 Å². The van der Waals surface area contributed by atoms with Crippen molar-refractivity contribution in [3.05, 3.63) is 48.3 Å². The van der Waals surface area contributed by atoms with Gasteiger partial charge in [0.05, 0.1) is 6.54 Å². The molecule has 5 heteroatoms. The minimum Gasteiger partial charge on any atom is -0.399 e. The summed E-state index contributed by atoms with van der Waals surface area (Å²) in [6.45, 7) is 0.799. The Morgan fingerprint density at radius 1 is 1.13 bits per heavy atom. The molecular formula is C10H13Cl2N3. The van der Waals surface area contributed by atoms with Crippen molar-refractivity contribution in [2.45, 2.75) is 6.54 Å². The fourth-order valence-corrected chi connectivity index (χ4v) is 1.20. The molecule has 0 aliphatic carbocycles. The predicted octanol–water partition coefficient (Wildman–Crippen LogP) is 2.36. The molecule has 0 amide bonds. The number of nitrogen functional groups attached to an aromatic ring is 1. The Kier molecular flexibility index (Phi) is 5.82. The number of aromatic nitrogens is 2. The summed E-state index contributed by atoms with van der Waals surface area (Å²) in [6, 6.07) is 9.74. The summed E-state index contributed by atoms with van der Waals surface area (Å²) in [5.41, 5.74) is 7.58. The van der Waals surface area contributed by atoms with E-state index in [0.29, 0.717) is 0 Å². The summed E-state index contributed by atoms with van der Waals surface area (Å²) in [4.78, 5) is 0. The molecule has 1 heterocycles. The standard InChI is InChI=1S/C10H11N3.2ClH/c11-10-4-2-9(3-5-10)8-13-7-1-6-12-13;;/h1-7H,8,11H2;2*1H. The first-order valence-electron chi connectivity index (χ1n) is 4.16. The van der Waals surface area contributed by atoms with Crippen molar-refractivity contribution >= 4 is 30.5 Å². The maximum absolute atomic E-state index is 5.58. The molecule has 2 N–H and O–H groups in total. The normalized spacial score (nSPS) is 8.80. The highest BCUT2D eigenvalue weighted by atomic mass is 35.5. The number of nitrogens with zero attached hydrogens (tertiary/aromatic N) is 2. The summed E-state index contributed by atoms with van der Waals surface area (Å²) in [7, 11) is 0. The number of hydrogen-bond donors (Lipinski definition) is 1. The molecular weight excluding hydrogens is 233 g/mol. The SMILES string of the molecule is Cl.Cl.Nc1ccc(Cn2cccn2)cc1. The fraction of sp³-hybridized carbons (Fsp3) is 0.100. The van der Waals surface area contributed by atoms with E-state index in [9.17, 15) is 0 Å². The van der Waals surface area contributed by atoms with Gasteiger partial charge in [-0.2, -0.15) is 5.10 Å². The maximum Gasteiger partial charge on any atom is 0.0659 e. The minimum atomic E-state index is 0. The smallest absolute Gasteiger partial charge is 0.0659 e. The lowest BCUT2D eigenvalue weighted by atomic mass is 10.2. The zero-order valence-electron chi connectivity index (χ0n) is 8.04. The topological polar surface area (TPSA) is 43.8 Å². The molecule has 0 saturated heterocycles. The van der Waals surface area contributed by atoms with E-state index >= 15 is 0 Å². The average Bonchev–Trinajstić information content (AvgIpc) is 2.62. The van der Waals surface area contributed by atoms with E-state index in [-0.39, 0.29) is 24.8 Å². The average molecular weight is 246 g/mol. The van der Waals surface area contributed by atoms with Crippen LogP contribution in [0, 0.1) is 0 Å². The zero-order valence-corrected chi connectivity index (χ0v) is 9.67. The second-order valence-corrected chi connectivity index (χ2v) is 2.95. The minimum absolute atomic E-state index is 0. The van der Waals surface area contributed by atoms with E-state index in [1.807, 2.05) is 41.2 Å². The number of nitrogens with two attached hydrogens (primary N) is 1. The molecule has 0 aliphatic rings. The molecule has 2 rings (SSSR count).